The number of hydrogen-bond acceptors (Lipinski definition) is 3. The molecule has 1 aromatic heterocycles. The molecule has 1 amide bonds. The molecule has 1 aliphatic rings. The molecule has 0 radical (unpaired) electrons. The zero-order valence-electron chi connectivity index (χ0n) is 10.9. The van der Waals surface area contributed by atoms with Crippen LogP contribution >= 0.6 is 0 Å². The van der Waals surface area contributed by atoms with Gasteiger partial charge < -0.3 is 11.1 Å². The van der Waals surface area contributed by atoms with E-state index < -0.39 is 0 Å². The Morgan fingerprint density at radius 3 is 3.11 bits per heavy atom. The van der Waals surface area contributed by atoms with Gasteiger partial charge in [0.05, 0.1) is 0 Å². The summed E-state index contributed by atoms with van der Waals surface area (Å²) in [5, 5.41) is 3.02. The molecule has 0 aromatic carbocycles. The molecule has 1 aromatic rings. The average Bonchev–Trinajstić information content (AvgIpc) is 2.86. The topological polar surface area (TPSA) is 68.0 Å². The first-order chi connectivity index (χ1) is 8.72. The number of nitrogens with two attached hydrogens (primary N) is 1. The fraction of sp³-hybridized carbons (Fsp3) is 0.571. The van der Waals surface area contributed by atoms with E-state index in [9.17, 15) is 4.79 Å². The fourth-order valence-electron chi connectivity index (χ4n) is 2.68. The van der Waals surface area contributed by atoms with E-state index in [0.29, 0.717) is 19.0 Å². The number of carbonyl (C=O) groups excluding carboxylic acids is 1. The summed E-state index contributed by atoms with van der Waals surface area (Å²) in [6.07, 6.45) is 6.76. The molecule has 4 nitrogen and oxygen atoms in total. The molecule has 1 saturated carbocycles. The lowest BCUT2D eigenvalue weighted by atomic mass is 9.95. The number of amides is 1. The van der Waals surface area contributed by atoms with Gasteiger partial charge in [0.25, 0.3) is 0 Å². The van der Waals surface area contributed by atoms with Gasteiger partial charge in [0, 0.05) is 24.9 Å². The van der Waals surface area contributed by atoms with Gasteiger partial charge in [-0.1, -0.05) is 6.42 Å². The maximum atomic E-state index is 12.1. The monoisotopic (exact) mass is 247 g/mol. The van der Waals surface area contributed by atoms with E-state index in [1.165, 1.54) is 0 Å². The second kappa shape index (κ2) is 5.96. The number of carbonyl (C=O) groups is 1. The van der Waals surface area contributed by atoms with Crippen molar-refractivity contribution in [1.29, 1.82) is 0 Å². The molecule has 1 fully saturated rings. The minimum Gasteiger partial charge on any atom is -0.352 e. The van der Waals surface area contributed by atoms with Gasteiger partial charge in [-0.05, 0) is 49.4 Å². The van der Waals surface area contributed by atoms with Crippen molar-refractivity contribution in [3.63, 3.8) is 0 Å². The lowest BCUT2D eigenvalue weighted by Gasteiger charge is -2.17. The van der Waals surface area contributed by atoms with Crippen molar-refractivity contribution < 1.29 is 4.79 Å². The standard InChI is InChI=1S/C14H21N3O/c1-10-8-16-6-5-12(10)9-17-14(18)13-4-2-3-11(13)7-15/h5-6,8,11,13H,2-4,7,9,15H2,1H3,(H,17,18). The van der Waals surface area contributed by atoms with Crippen LogP contribution in [0.2, 0.25) is 0 Å². The average molecular weight is 247 g/mol. The number of aromatic nitrogens is 1. The van der Waals surface area contributed by atoms with E-state index in [1.807, 2.05) is 19.2 Å². The van der Waals surface area contributed by atoms with E-state index in [0.717, 1.165) is 30.4 Å². The van der Waals surface area contributed by atoms with Crippen LogP contribution in [0.1, 0.15) is 30.4 Å². The third-order valence-electron chi connectivity index (χ3n) is 3.89. The van der Waals surface area contributed by atoms with Gasteiger partial charge >= 0.3 is 0 Å². The number of rotatable bonds is 4. The van der Waals surface area contributed by atoms with Gasteiger partial charge in [0.1, 0.15) is 0 Å². The molecule has 1 heterocycles. The third-order valence-corrected chi connectivity index (χ3v) is 3.89. The maximum Gasteiger partial charge on any atom is 0.223 e. The number of aryl methyl sites for hydroxylation is 1. The Kier molecular flexibility index (Phi) is 4.31. The highest BCUT2D eigenvalue weighted by Gasteiger charge is 2.31. The van der Waals surface area contributed by atoms with Gasteiger partial charge in [0.15, 0.2) is 0 Å². The van der Waals surface area contributed by atoms with Crippen LogP contribution in [0.4, 0.5) is 0 Å². The van der Waals surface area contributed by atoms with Gasteiger partial charge in [-0.3, -0.25) is 9.78 Å². The lowest BCUT2D eigenvalue weighted by molar-refractivity contribution is -0.126. The minimum absolute atomic E-state index is 0.108. The molecule has 4 heteroatoms. The second-order valence-electron chi connectivity index (χ2n) is 5.05. The molecule has 0 aliphatic heterocycles. The molecule has 0 spiro atoms. The van der Waals surface area contributed by atoms with Crippen LogP contribution in [-0.4, -0.2) is 17.4 Å². The largest absolute Gasteiger partial charge is 0.352 e. The Morgan fingerprint density at radius 1 is 1.56 bits per heavy atom. The summed E-state index contributed by atoms with van der Waals surface area (Å²) in [6.45, 7) is 3.21. The van der Waals surface area contributed by atoms with E-state index in [-0.39, 0.29) is 11.8 Å². The van der Waals surface area contributed by atoms with Crippen molar-refractivity contribution >= 4 is 5.91 Å². The van der Waals surface area contributed by atoms with Crippen molar-refractivity contribution in [2.75, 3.05) is 6.54 Å². The fourth-order valence-corrected chi connectivity index (χ4v) is 2.68. The van der Waals surface area contributed by atoms with E-state index in [1.54, 1.807) is 6.20 Å². The van der Waals surface area contributed by atoms with Crippen LogP contribution < -0.4 is 11.1 Å². The predicted octanol–water partition coefficient (Wildman–Crippen LogP) is 1.38. The van der Waals surface area contributed by atoms with E-state index >= 15 is 0 Å². The van der Waals surface area contributed by atoms with Crippen LogP contribution in [0.3, 0.4) is 0 Å². The Morgan fingerprint density at radius 2 is 2.39 bits per heavy atom. The number of hydrogen-bond donors (Lipinski definition) is 2. The summed E-state index contributed by atoms with van der Waals surface area (Å²) < 4.78 is 0. The van der Waals surface area contributed by atoms with Crippen LogP contribution in [0, 0.1) is 18.8 Å². The highest BCUT2D eigenvalue weighted by atomic mass is 16.1. The molecular weight excluding hydrogens is 226 g/mol. The lowest BCUT2D eigenvalue weighted by Crippen LogP contribution is -2.34. The van der Waals surface area contributed by atoms with Crippen LogP contribution in [-0.2, 0) is 11.3 Å². The maximum absolute atomic E-state index is 12.1. The SMILES string of the molecule is Cc1cnccc1CNC(=O)C1CCCC1CN. The molecule has 1 aliphatic carbocycles. The zero-order chi connectivity index (χ0) is 13.0. The molecule has 2 atom stereocenters. The molecule has 2 unspecified atom stereocenters. The summed E-state index contributed by atoms with van der Waals surface area (Å²) in [7, 11) is 0. The predicted molar refractivity (Wildman–Crippen MR) is 70.7 cm³/mol. The van der Waals surface area contributed by atoms with Gasteiger partial charge in [-0.25, -0.2) is 0 Å². The first-order valence-corrected chi connectivity index (χ1v) is 6.59. The molecule has 18 heavy (non-hydrogen) atoms. The molecule has 2 rings (SSSR count). The van der Waals surface area contributed by atoms with Crippen molar-refractivity contribution in [3.05, 3.63) is 29.6 Å². The summed E-state index contributed by atoms with van der Waals surface area (Å²) >= 11 is 0. The third kappa shape index (κ3) is 2.88. The molecule has 3 N–H and O–H groups in total. The summed E-state index contributed by atoms with van der Waals surface area (Å²) in [5.41, 5.74) is 7.94. The Labute approximate surface area is 108 Å². The van der Waals surface area contributed by atoms with Crippen LogP contribution in [0.25, 0.3) is 0 Å². The minimum atomic E-state index is 0.108. The summed E-state index contributed by atoms with van der Waals surface area (Å²) in [6, 6.07) is 1.95. The quantitative estimate of drug-likeness (QED) is 0.844. The Bertz CT molecular complexity index is 419. The highest BCUT2D eigenvalue weighted by molar-refractivity contribution is 5.79. The molecule has 0 saturated heterocycles. The van der Waals surface area contributed by atoms with Crippen molar-refractivity contribution in [2.45, 2.75) is 32.7 Å². The first-order valence-electron chi connectivity index (χ1n) is 6.59. The number of nitrogens with one attached hydrogen (secondary N) is 1. The van der Waals surface area contributed by atoms with Crippen molar-refractivity contribution in [1.82, 2.24) is 10.3 Å². The van der Waals surface area contributed by atoms with Crippen LogP contribution in [0.5, 0.6) is 0 Å². The molecular formula is C14H21N3O. The van der Waals surface area contributed by atoms with Crippen molar-refractivity contribution in [3.8, 4) is 0 Å². The summed E-state index contributed by atoms with van der Waals surface area (Å²) in [5.74, 6) is 0.625. The smallest absolute Gasteiger partial charge is 0.223 e. The van der Waals surface area contributed by atoms with E-state index in [4.69, 9.17) is 5.73 Å². The van der Waals surface area contributed by atoms with Gasteiger partial charge in [0.2, 0.25) is 5.91 Å². The molecule has 0 bridgehead atoms. The Balaban J connectivity index is 1.90. The number of pyridine rings is 1. The Hall–Kier alpha value is -1.42. The van der Waals surface area contributed by atoms with Gasteiger partial charge in [-0.2, -0.15) is 0 Å². The number of nitrogens with zero attached hydrogens (tertiary/aromatic N) is 1. The zero-order valence-corrected chi connectivity index (χ0v) is 10.9. The molecule has 98 valence electrons. The first kappa shape index (κ1) is 13.0. The van der Waals surface area contributed by atoms with Crippen LogP contribution in [0.15, 0.2) is 18.5 Å². The highest BCUT2D eigenvalue weighted by Crippen LogP contribution is 2.30. The van der Waals surface area contributed by atoms with Crippen molar-refractivity contribution in [2.24, 2.45) is 17.6 Å². The van der Waals surface area contributed by atoms with E-state index in [2.05, 4.69) is 10.3 Å². The summed E-state index contributed by atoms with van der Waals surface area (Å²) in [4.78, 5) is 16.2. The van der Waals surface area contributed by atoms with Gasteiger partial charge in [-0.15, -0.1) is 0 Å². The second-order valence-corrected chi connectivity index (χ2v) is 5.05. The normalized spacial score (nSPS) is 23.0.